The number of nitrogens with zero attached hydrogens (tertiary/aromatic N) is 3. The second-order valence-corrected chi connectivity index (χ2v) is 8.24. The first-order valence-corrected chi connectivity index (χ1v) is 11.5. The molecule has 4 rings (SSSR count). The van der Waals surface area contributed by atoms with Crippen LogP contribution in [0.15, 0.2) is 53.1 Å². The second-order valence-electron chi connectivity index (χ2n) is 8.24. The number of amides is 3. The summed E-state index contributed by atoms with van der Waals surface area (Å²) in [5.74, 6) is 1.28. The van der Waals surface area contributed by atoms with Crippen LogP contribution in [0.4, 0.5) is 10.5 Å². The third-order valence-electron chi connectivity index (χ3n) is 5.74. The number of urea groups is 1. The average Bonchev–Trinajstić information content (AvgIpc) is 3.58. The summed E-state index contributed by atoms with van der Waals surface area (Å²) in [5.41, 5.74) is 1.86. The van der Waals surface area contributed by atoms with E-state index in [4.69, 9.17) is 14.0 Å². The highest BCUT2D eigenvalue weighted by Gasteiger charge is 2.17. The largest absolute Gasteiger partial charge is 0.495 e. The van der Waals surface area contributed by atoms with Gasteiger partial charge >= 0.3 is 6.03 Å². The van der Waals surface area contributed by atoms with Crippen molar-refractivity contribution in [1.29, 1.82) is 0 Å². The number of carbonyl (C=O) groups is 2. The van der Waals surface area contributed by atoms with Gasteiger partial charge in [0.2, 0.25) is 0 Å². The highest BCUT2D eigenvalue weighted by molar-refractivity contribution is 5.94. The molecule has 0 radical (unpaired) electrons. The van der Waals surface area contributed by atoms with Gasteiger partial charge in [0, 0.05) is 44.3 Å². The number of para-hydroxylation sites is 2. The van der Waals surface area contributed by atoms with Gasteiger partial charge in [-0.05, 0) is 49.2 Å². The van der Waals surface area contributed by atoms with Crippen LogP contribution in [-0.4, -0.2) is 66.9 Å². The number of hydrogen-bond donors (Lipinski definition) is 2. The molecular formula is C25H29N5O5. The Bertz CT molecular complexity index is 1140. The van der Waals surface area contributed by atoms with Crippen LogP contribution >= 0.6 is 0 Å². The van der Waals surface area contributed by atoms with E-state index in [1.54, 1.807) is 50.6 Å². The molecule has 2 heterocycles. The number of methoxy groups -OCH3 is 1. The second kappa shape index (κ2) is 11.5. The Labute approximate surface area is 203 Å². The normalized spacial score (nSPS) is 15.0. The molecule has 0 spiro atoms. The maximum atomic E-state index is 12.5. The number of ether oxygens (including phenoxy) is 2. The van der Waals surface area contributed by atoms with Gasteiger partial charge in [-0.2, -0.15) is 4.98 Å². The summed E-state index contributed by atoms with van der Waals surface area (Å²) in [6, 6.07) is 13.9. The standard InChI is InChI=1S/C25H29N5O5/c1-30(25(32)27-20-7-3-4-8-21(20)33-2)14-13-22-28-24(35-29-22)18-11-9-17(10-12-18)23(31)26-16-19-6-5-15-34-19/h3-4,7-12,19H,5-6,13-16H2,1-2H3,(H,26,31)(H,27,32)/t19-/m0/s1. The lowest BCUT2D eigenvalue weighted by atomic mass is 10.1. The number of likely N-dealkylation sites (N-methyl/N-ethyl adjacent to an activating group) is 1. The Morgan fingerprint density at radius 1 is 1.17 bits per heavy atom. The van der Waals surface area contributed by atoms with E-state index < -0.39 is 0 Å². The van der Waals surface area contributed by atoms with E-state index in [0.29, 0.717) is 53.8 Å². The van der Waals surface area contributed by atoms with Crippen molar-refractivity contribution in [3.05, 3.63) is 59.9 Å². The van der Waals surface area contributed by atoms with Gasteiger partial charge in [-0.1, -0.05) is 17.3 Å². The molecule has 184 valence electrons. The van der Waals surface area contributed by atoms with E-state index in [2.05, 4.69) is 20.8 Å². The van der Waals surface area contributed by atoms with Crippen LogP contribution in [0, 0.1) is 0 Å². The number of anilines is 1. The zero-order chi connectivity index (χ0) is 24.6. The van der Waals surface area contributed by atoms with E-state index in [1.165, 1.54) is 4.90 Å². The van der Waals surface area contributed by atoms with Gasteiger partial charge < -0.3 is 29.5 Å². The number of benzene rings is 2. The summed E-state index contributed by atoms with van der Waals surface area (Å²) in [7, 11) is 3.24. The molecule has 1 saturated heterocycles. The topological polar surface area (TPSA) is 119 Å². The van der Waals surface area contributed by atoms with Crippen molar-refractivity contribution in [2.75, 3.05) is 39.2 Å². The van der Waals surface area contributed by atoms with Crippen molar-refractivity contribution in [2.45, 2.75) is 25.4 Å². The Balaban J connectivity index is 1.27. The summed E-state index contributed by atoms with van der Waals surface area (Å²) in [6.07, 6.45) is 2.53. The minimum atomic E-state index is -0.272. The molecule has 1 aliphatic rings. The molecule has 10 nitrogen and oxygen atoms in total. The molecule has 3 amide bonds. The molecule has 10 heteroatoms. The molecule has 1 atom stereocenters. The monoisotopic (exact) mass is 479 g/mol. The first kappa shape index (κ1) is 24.2. The van der Waals surface area contributed by atoms with E-state index in [9.17, 15) is 9.59 Å². The number of hydrogen-bond acceptors (Lipinski definition) is 7. The molecule has 2 aromatic carbocycles. The molecule has 3 aromatic rings. The molecule has 1 aliphatic heterocycles. The zero-order valence-electron chi connectivity index (χ0n) is 19.8. The van der Waals surface area contributed by atoms with Gasteiger partial charge in [-0.25, -0.2) is 4.79 Å². The first-order chi connectivity index (χ1) is 17.0. The van der Waals surface area contributed by atoms with Crippen LogP contribution in [0.1, 0.15) is 29.0 Å². The highest BCUT2D eigenvalue weighted by atomic mass is 16.5. The fourth-order valence-electron chi connectivity index (χ4n) is 3.68. The molecule has 0 saturated carbocycles. The lowest BCUT2D eigenvalue weighted by Crippen LogP contribution is -2.33. The van der Waals surface area contributed by atoms with Gasteiger partial charge in [0.15, 0.2) is 5.82 Å². The number of nitrogens with one attached hydrogen (secondary N) is 2. The van der Waals surface area contributed by atoms with E-state index >= 15 is 0 Å². The number of rotatable bonds is 9. The Morgan fingerprint density at radius 2 is 1.97 bits per heavy atom. The summed E-state index contributed by atoms with van der Waals surface area (Å²) in [5, 5.41) is 9.74. The predicted molar refractivity (Wildman–Crippen MR) is 129 cm³/mol. The van der Waals surface area contributed by atoms with Gasteiger partial charge in [-0.15, -0.1) is 0 Å². The lowest BCUT2D eigenvalue weighted by Gasteiger charge is -2.18. The molecule has 0 aliphatic carbocycles. The molecule has 1 fully saturated rings. The fraction of sp³-hybridized carbons (Fsp3) is 0.360. The van der Waals surface area contributed by atoms with Crippen LogP contribution in [0.3, 0.4) is 0 Å². The van der Waals surface area contributed by atoms with Crippen molar-refractivity contribution in [2.24, 2.45) is 0 Å². The summed E-state index contributed by atoms with van der Waals surface area (Å²) in [4.78, 5) is 30.8. The Morgan fingerprint density at radius 3 is 2.71 bits per heavy atom. The van der Waals surface area contributed by atoms with Crippen LogP contribution in [0.2, 0.25) is 0 Å². The summed E-state index contributed by atoms with van der Waals surface area (Å²) < 4.78 is 16.2. The van der Waals surface area contributed by atoms with Gasteiger partial charge in [0.25, 0.3) is 11.8 Å². The van der Waals surface area contributed by atoms with Gasteiger partial charge in [-0.3, -0.25) is 4.79 Å². The fourth-order valence-corrected chi connectivity index (χ4v) is 3.68. The maximum absolute atomic E-state index is 12.5. The molecule has 1 aromatic heterocycles. The highest BCUT2D eigenvalue weighted by Crippen LogP contribution is 2.23. The minimum Gasteiger partial charge on any atom is -0.495 e. The lowest BCUT2D eigenvalue weighted by molar-refractivity contribution is 0.0858. The van der Waals surface area contributed by atoms with Crippen LogP contribution < -0.4 is 15.4 Å². The molecule has 0 unspecified atom stereocenters. The predicted octanol–water partition coefficient (Wildman–Crippen LogP) is 3.36. The van der Waals surface area contributed by atoms with Crippen molar-refractivity contribution < 1.29 is 23.6 Å². The van der Waals surface area contributed by atoms with Crippen molar-refractivity contribution >= 4 is 17.6 Å². The molecule has 35 heavy (non-hydrogen) atoms. The van der Waals surface area contributed by atoms with E-state index in [0.717, 1.165) is 19.4 Å². The van der Waals surface area contributed by atoms with Crippen molar-refractivity contribution in [3.8, 4) is 17.2 Å². The van der Waals surface area contributed by atoms with E-state index in [-0.39, 0.29) is 18.0 Å². The van der Waals surface area contributed by atoms with Crippen molar-refractivity contribution in [3.63, 3.8) is 0 Å². The average molecular weight is 480 g/mol. The Hall–Kier alpha value is -3.92. The molecular weight excluding hydrogens is 450 g/mol. The van der Waals surface area contributed by atoms with Gasteiger partial charge in [0.05, 0.1) is 18.9 Å². The van der Waals surface area contributed by atoms with Crippen LogP contribution in [0.5, 0.6) is 5.75 Å². The number of carbonyl (C=O) groups excluding carboxylic acids is 2. The summed E-state index contributed by atoms with van der Waals surface area (Å²) >= 11 is 0. The molecule has 2 N–H and O–H groups in total. The Kier molecular flexibility index (Phi) is 7.94. The first-order valence-electron chi connectivity index (χ1n) is 11.5. The van der Waals surface area contributed by atoms with Crippen LogP contribution in [-0.2, 0) is 11.2 Å². The molecule has 0 bridgehead atoms. The number of aromatic nitrogens is 2. The van der Waals surface area contributed by atoms with E-state index in [1.807, 2.05) is 12.1 Å². The third kappa shape index (κ3) is 6.36. The van der Waals surface area contributed by atoms with Gasteiger partial charge in [0.1, 0.15) is 5.75 Å². The minimum absolute atomic E-state index is 0.0984. The van der Waals surface area contributed by atoms with Crippen LogP contribution in [0.25, 0.3) is 11.5 Å². The third-order valence-corrected chi connectivity index (χ3v) is 5.74. The quantitative estimate of drug-likeness (QED) is 0.483. The van der Waals surface area contributed by atoms with Crippen molar-refractivity contribution in [1.82, 2.24) is 20.4 Å². The maximum Gasteiger partial charge on any atom is 0.321 e. The SMILES string of the molecule is COc1ccccc1NC(=O)N(C)CCc1noc(-c2ccc(C(=O)NC[C@@H]3CCCO3)cc2)n1. The zero-order valence-corrected chi connectivity index (χ0v) is 19.8. The smallest absolute Gasteiger partial charge is 0.321 e. The summed E-state index contributed by atoms with van der Waals surface area (Å²) in [6.45, 7) is 1.66.